The molecule has 26 heavy (non-hydrogen) atoms. The van der Waals surface area contributed by atoms with Gasteiger partial charge in [-0.05, 0) is 66.6 Å². The van der Waals surface area contributed by atoms with Crippen LogP contribution in [0, 0.1) is 5.92 Å². The maximum Gasteiger partial charge on any atom is 0.337 e. The van der Waals surface area contributed by atoms with Crippen LogP contribution in [0.5, 0.6) is 0 Å². The van der Waals surface area contributed by atoms with Gasteiger partial charge in [-0.3, -0.25) is 0 Å². The monoisotopic (exact) mass is 387 g/mol. The number of rotatable bonds is 3. The first kappa shape index (κ1) is 17.2. The van der Waals surface area contributed by atoms with Gasteiger partial charge in [-0.1, -0.05) is 6.92 Å². The Kier molecular flexibility index (Phi) is 4.54. The van der Waals surface area contributed by atoms with Gasteiger partial charge in [0, 0.05) is 10.6 Å². The van der Waals surface area contributed by atoms with E-state index in [0.717, 1.165) is 34.6 Å². The van der Waals surface area contributed by atoms with Crippen molar-refractivity contribution in [2.45, 2.75) is 26.2 Å². The molecule has 3 aromatic rings. The molecule has 4 rings (SSSR count). The zero-order valence-electron chi connectivity index (χ0n) is 14.5. The summed E-state index contributed by atoms with van der Waals surface area (Å²) in [5.74, 6) is 1.06. The van der Waals surface area contributed by atoms with Crippen molar-refractivity contribution in [2.75, 3.05) is 12.4 Å². The summed E-state index contributed by atoms with van der Waals surface area (Å²) in [6.07, 6.45) is 3.30. The molecule has 5 nitrogen and oxygen atoms in total. The number of esters is 1. The van der Waals surface area contributed by atoms with Gasteiger partial charge in [0.15, 0.2) is 0 Å². The van der Waals surface area contributed by atoms with Gasteiger partial charge < -0.3 is 10.1 Å². The van der Waals surface area contributed by atoms with Crippen LogP contribution in [0.15, 0.2) is 24.3 Å². The third-order valence-electron chi connectivity index (χ3n) is 4.70. The average molecular weight is 388 g/mol. The predicted molar refractivity (Wildman–Crippen MR) is 105 cm³/mol. The first-order valence-corrected chi connectivity index (χ1v) is 9.67. The maximum absolute atomic E-state index is 11.6. The Balaban J connectivity index is 1.73. The zero-order valence-corrected chi connectivity index (χ0v) is 16.1. The predicted octanol–water partition coefficient (Wildman–Crippen LogP) is 5.00. The number of nitrogens with one attached hydrogen (secondary N) is 1. The molecule has 0 spiro atoms. The quantitative estimate of drug-likeness (QED) is 0.506. The topological polar surface area (TPSA) is 64.1 Å². The normalized spacial score (nSPS) is 16.3. The number of benzene rings is 1. The van der Waals surface area contributed by atoms with Crippen molar-refractivity contribution in [3.63, 3.8) is 0 Å². The second-order valence-corrected chi connectivity index (χ2v) is 7.99. The minimum atomic E-state index is -0.356. The standard InChI is InChI=1S/C19H18ClN3O2S/c1-10-3-8-13-14(9-10)26-17-15(13)16(22-19(20)23-17)21-12-6-4-11(5-7-12)18(24)25-2/h4-7,10H,3,8-9H2,1-2H3,(H,21,22,23). The lowest BCUT2D eigenvalue weighted by Crippen LogP contribution is -2.09. The van der Waals surface area contributed by atoms with Crippen LogP contribution in [0.25, 0.3) is 10.2 Å². The number of aryl methyl sites for hydroxylation is 1. The van der Waals surface area contributed by atoms with Crippen molar-refractivity contribution < 1.29 is 9.53 Å². The van der Waals surface area contributed by atoms with Crippen LogP contribution >= 0.6 is 22.9 Å². The summed E-state index contributed by atoms with van der Waals surface area (Å²) in [6.45, 7) is 2.29. The number of carbonyl (C=O) groups excluding carboxylic acids is 1. The molecule has 134 valence electrons. The van der Waals surface area contributed by atoms with Crippen molar-refractivity contribution in [1.82, 2.24) is 9.97 Å². The molecule has 1 aliphatic rings. The SMILES string of the molecule is COC(=O)c1ccc(Nc2nc(Cl)nc3sc4c(c23)CCC(C)C4)cc1. The Morgan fingerprint density at radius 1 is 1.31 bits per heavy atom. The maximum atomic E-state index is 11.6. The molecule has 0 saturated heterocycles. The van der Waals surface area contributed by atoms with E-state index in [4.69, 9.17) is 16.3 Å². The summed E-state index contributed by atoms with van der Waals surface area (Å²) < 4.78 is 4.73. The smallest absolute Gasteiger partial charge is 0.337 e. The van der Waals surface area contributed by atoms with E-state index in [2.05, 4.69) is 22.2 Å². The molecule has 0 aliphatic heterocycles. The van der Waals surface area contributed by atoms with E-state index in [0.29, 0.717) is 11.5 Å². The molecule has 2 aromatic heterocycles. The lowest BCUT2D eigenvalue weighted by molar-refractivity contribution is 0.0601. The molecule has 1 aliphatic carbocycles. The van der Waals surface area contributed by atoms with Gasteiger partial charge in [0.2, 0.25) is 5.28 Å². The number of halogens is 1. The van der Waals surface area contributed by atoms with Crippen LogP contribution in [-0.2, 0) is 17.6 Å². The Bertz CT molecular complexity index is 985. The molecule has 1 atom stereocenters. The fraction of sp³-hybridized carbons (Fsp3) is 0.316. The number of hydrogen-bond donors (Lipinski definition) is 1. The molecule has 0 amide bonds. The van der Waals surface area contributed by atoms with Gasteiger partial charge in [0.05, 0.1) is 18.1 Å². The van der Waals surface area contributed by atoms with Gasteiger partial charge >= 0.3 is 5.97 Å². The highest BCUT2D eigenvalue weighted by Crippen LogP contribution is 2.41. The second kappa shape index (κ2) is 6.85. The molecule has 2 heterocycles. The number of aromatic nitrogens is 2. The van der Waals surface area contributed by atoms with E-state index in [-0.39, 0.29) is 11.3 Å². The molecule has 0 saturated carbocycles. The van der Waals surface area contributed by atoms with Crippen LogP contribution < -0.4 is 5.32 Å². The number of thiophene rings is 1. The molecule has 1 unspecified atom stereocenters. The third kappa shape index (κ3) is 3.15. The average Bonchev–Trinajstić information content (AvgIpc) is 2.98. The van der Waals surface area contributed by atoms with E-state index in [1.54, 1.807) is 23.5 Å². The minimum Gasteiger partial charge on any atom is -0.465 e. The summed E-state index contributed by atoms with van der Waals surface area (Å²) in [5.41, 5.74) is 2.68. The summed E-state index contributed by atoms with van der Waals surface area (Å²) in [5, 5.41) is 4.64. The molecule has 0 bridgehead atoms. The van der Waals surface area contributed by atoms with Gasteiger partial charge in [0.25, 0.3) is 0 Å². The largest absolute Gasteiger partial charge is 0.465 e. The summed E-state index contributed by atoms with van der Waals surface area (Å²) in [6, 6.07) is 7.10. The van der Waals surface area contributed by atoms with E-state index < -0.39 is 0 Å². The summed E-state index contributed by atoms with van der Waals surface area (Å²) in [4.78, 5) is 22.7. The number of nitrogens with zero attached hydrogens (tertiary/aromatic N) is 2. The van der Waals surface area contributed by atoms with Gasteiger partial charge in [-0.2, -0.15) is 4.98 Å². The lowest BCUT2D eigenvalue weighted by atomic mass is 9.89. The molecular formula is C19H18ClN3O2S. The van der Waals surface area contributed by atoms with E-state index in [1.807, 2.05) is 12.1 Å². The van der Waals surface area contributed by atoms with Gasteiger partial charge in [-0.15, -0.1) is 11.3 Å². The Morgan fingerprint density at radius 2 is 2.08 bits per heavy atom. The highest BCUT2D eigenvalue weighted by molar-refractivity contribution is 7.19. The second-order valence-electron chi connectivity index (χ2n) is 6.57. The minimum absolute atomic E-state index is 0.234. The van der Waals surface area contributed by atoms with Crippen LogP contribution in [0.4, 0.5) is 11.5 Å². The third-order valence-corrected chi connectivity index (χ3v) is 6.01. The number of carbonyl (C=O) groups is 1. The van der Waals surface area contributed by atoms with Crippen LogP contribution in [0.3, 0.4) is 0 Å². The Hall–Kier alpha value is -2.18. The van der Waals surface area contributed by atoms with Crippen LogP contribution in [0.1, 0.15) is 34.1 Å². The van der Waals surface area contributed by atoms with Gasteiger partial charge in [-0.25, -0.2) is 9.78 Å². The highest BCUT2D eigenvalue weighted by atomic mass is 35.5. The Labute approximate surface area is 160 Å². The number of fused-ring (bicyclic) bond motifs is 3. The van der Waals surface area contributed by atoms with Crippen molar-refractivity contribution in [2.24, 2.45) is 5.92 Å². The van der Waals surface area contributed by atoms with Crippen molar-refractivity contribution in [3.8, 4) is 0 Å². The highest BCUT2D eigenvalue weighted by Gasteiger charge is 2.24. The fourth-order valence-corrected chi connectivity index (χ4v) is 4.95. The molecule has 1 aromatic carbocycles. The number of methoxy groups -OCH3 is 1. The lowest BCUT2D eigenvalue weighted by Gasteiger charge is -2.18. The van der Waals surface area contributed by atoms with Crippen molar-refractivity contribution >= 4 is 50.6 Å². The van der Waals surface area contributed by atoms with Crippen molar-refractivity contribution in [3.05, 3.63) is 45.6 Å². The first-order chi connectivity index (χ1) is 12.5. The number of hydrogen-bond acceptors (Lipinski definition) is 6. The van der Waals surface area contributed by atoms with Gasteiger partial charge in [0.1, 0.15) is 10.6 Å². The number of ether oxygens (including phenoxy) is 1. The first-order valence-electron chi connectivity index (χ1n) is 8.48. The molecule has 0 fully saturated rings. The van der Waals surface area contributed by atoms with Crippen LogP contribution in [-0.4, -0.2) is 23.0 Å². The summed E-state index contributed by atoms with van der Waals surface area (Å²) >= 11 is 7.87. The molecular weight excluding hydrogens is 370 g/mol. The van der Waals surface area contributed by atoms with Crippen LogP contribution in [0.2, 0.25) is 5.28 Å². The van der Waals surface area contributed by atoms with E-state index in [9.17, 15) is 4.79 Å². The Morgan fingerprint density at radius 3 is 2.81 bits per heavy atom. The molecule has 1 N–H and O–H groups in total. The fourth-order valence-electron chi connectivity index (χ4n) is 3.35. The summed E-state index contributed by atoms with van der Waals surface area (Å²) in [7, 11) is 1.37. The van der Waals surface area contributed by atoms with E-state index in [1.165, 1.54) is 24.0 Å². The molecule has 7 heteroatoms. The zero-order chi connectivity index (χ0) is 18.3. The van der Waals surface area contributed by atoms with Crippen molar-refractivity contribution in [1.29, 1.82) is 0 Å². The molecule has 0 radical (unpaired) electrons. The van der Waals surface area contributed by atoms with E-state index >= 15 is 0 Å². The number of anilines is 2.